The van der Waals surface area contributed by atoms with E-state index in [2.05, 4.69) is 4.98 Å². The summed E-state index contributed by atoms with van der Waals surface area (Å²) in [6, 6.07) is 8.67. The minimum Gasteiger partial charge on any atom is -0.380 e. The number of para-hydroxylation sites is 1. The van der Waals surface area contributed by atoms with Gasteiger partial charge in [0.2, 0.25) is 0 Å². The van der Waals surface area contributed by atoms with Crippen molar-refractivity contribution >= 4 is 16.8 Å². The Morgan fingerprint density at radius 2 is 1.83 bits per heavy atom. The highest BCUT2D eigenvalue weighted by atomic mass is 19.4. The number of aromatic nitrogens is 1. The number of alkyl halides is 3. The van der Waals surface area contributed by atoms with Crippen LogP contribution in [-0.4, -0.2) is 45.8 Å². The van der Waals surface area contributed by atoms with Crippen LogP contribution in [0.25, 0.3) is 10.9 Å². The molecule has 1 saturated heterocycles. The van der Waals surface area contributed by atoms with Gasteiger partial charge in [-0.3, -0.25) is 9.78 Å². The van der Waals surface area contributed by atoms with Gasteiger partial charge in [0.05, 0.1) is 11.1 Å². The highest BCUT2D eigenvalue weighted by molar-refractivity contribution is 6.05. The molecule has 0 unspecified atom stereocenters. The third-order valence-electron chi connectivity index (χ3n) is 4.28. The molecular formula is C16H15F3N2O2. The Balaban J connectivity index is 1.82. The first-order chi connectivity index (χ1) is 10.8. The summed E-state index contributed by atoms with van der Waals surface area (Å²) >= 11 is 0. The summed E-state index contributed by atoms with van der Waals surface area (Å²) in [4.78, 5) is 18.1. The molecule has 1 aromatic carbocycles. The van der Waals surface area contributed by atoms with Gasteiger partial charge >= 0.3 is 6.18 Å². The van der Waals surface area contributed by atoms with Gasteiger partial charge < -0.3 is 10.0 Å². The predicted octanol–water partition coefficient (Wildman–Crippen LogP) is 2.76. The third kappa shape index (κ3) is 2.76. The fourth-order valence-corrected chi connectivity index (χ4v) is 2.82. The number of fused-ring (bicyclic) bond motifs is 1. The number of nitrogens with zero attached hydrogens (tertiary/aromatic N) is 2. The van der Waals surface area contributed by atoms with Crippen molar-refractivity contribution in [1.82, 2.24) is 9.88 Å². The van der Waals surface area contributed by atoms with E-state index in [9.17, 15) is 23.1 Å². The molecule has 0 bridgehead atoms. The molecule has 7 heteroatoms. The second kappa shape index (κ2) is 5.49. The van der Waals surface area contributed by atoms with Gasteiger partial charge in [0, 0.05) is 37.5 Å². The van der Waals surface area contributed by atoms with E-state index in [0.29, 0.717) is 16.5 Å². The van der Waals surface area contributed by atoms with Crippen molar-refractivity contribution in [3.63, 3.8) is 0 Å². The van der Waals surface area contributed by atoms with Crippen LogP contribution in [0.1, 0.15) is 23.2 Å². The molecule has 0 aliphatic carbocycles. The molecule has 2 heterocycles. The van der Waals surface area contributed by atoms with Gasteiger partial charge in [-0.25, -0.2) is 0 Å². The Morgan fingerprint density at radius 3 is 2.48 bits per heavy atom. The number of benzene rings is 1. The highest BCUT2D eigenvalue weighted by Gasteiger charge is 2.54. The SMILES string of the molecule is O=C(c1ccnc2ccccc12)N1CCC(O)(C(F)(F)F)CC1. The van der Waals surface area contributed by atoms with E-state index in [-0.39, 0.29) is 19.0 Å². The van der Waals surface area contributed by atoms with E-state index in [1.165, 1.54) is 11.1 Å². The number of likely N-dealkylation sites (tertiary alicyclic amines) is 1. The quantitative estimate of drug-likeness (QED) is 0.877. The third-order valence-corrected chi connectivity index (χ3v) is 4.28. The highest BCUT2D eigenvalue weighted by Crippen LogP contribution is 2.38. The monoisotopic (exact) mass is 324 g/mol. The Bertz CT molecular complexity index is 732. The second-order valence-electron chi connectivity index (χ2n) is 5.70. The fraction of sp³-hybridized carbons (Fsp3) is 0.375. The van der Waals surface area contributed by atoms with Crippen molar-refractivity contribution < 1.29 is 23.1 Å². The summed E-state index contributed by atoms with van der Waals surface area (Å²) in [6.45, 7) is -0.267. The van der Waals surface area contributed by atoms with Gasteiger partial charge in [-0.1, -0.05) is 18.2 Å². The molecule has 122 valence electrons. The van der Waals surface area contributed by atoms with Crippen molar-refractivity contribution in [3.05, 3.63) is 42.1 Å². The molecule has 0 atom stereocenters. The van der Waals surface area contributed by atoms with Crippen LogP contribution in [-0.2, 0) is 0 Å². The van der Waals surface area contributed by atoms with Gasteiger partial charge in [-0.2, -0.15) is 13.2 Å². The number of carbonyl (C=O) groups is 1. The predicted molar refractivity (Wildman–Crippen MR) is 77.9 cm³/mol. The molecule has 0 spiro atoms. The van der Waals surface area contributed by atoms with Gasteiger partial charge in [-0.05, 0) is 12.1 Å². The summed E-state index contributed by atoms with van der Waals surface area (Å²) < 4.78 is 38.5. The number of hydrogen-bond acceptors (Lipinski definition) is 3. The Hall–Kier alpha value is -2.15. The maximum atomic E-state index is 12.8. The van der Waals surface area contributed by atoms with Gasteiger partial charge in [0.1, 0.15) is 0 Å². The van der Waals surface area contributed by atoms with Crippen LogP contribution in [0.15, 0.2) is 36.5 Å². The molecule has 3 rings (SSSR count). The van der Waals surface area contributed by atoms with E-state index in [1.807, 2.05) is 0 Å². The second-order valence-corrected chi connectivity index (χ2v) is 5.70. The number of amides is 1. The van der Waals surface area contributed by atoms with E-state index < -0.39 is 24.6 Å². The lowest BCUT2D eigenvalue weighted by atomic mass is 9.90. The van der Waals surface area contributed by atoms with Crippen LogP contribution < -0.4 is 0 Å². The number of pyridine rings is 1. The zero-order valence-corrected chi connectivity index (χ0v) is 12.2. The maximum absolute atomic E-state index is 12.8. The largest absolute Gasteiger partial charge is 0.417 e. The Labute approximate surface area is 130 Å². The number of rotatable bonds is 1. The standard InChI is InChI=1S/C16H15F3N2O2/c17-16(18,19)15(23)6-9-21(10-7-15)14(22)12-5-8-20-13-4-2-1-3-11(12)13/h1-5,8,23H,6-7,9-10H2. The van der Waals surface area contributed by atoms with Crippen LogP contribution in [0.3, 0.4) is 0 Å². The van der Waals surface area contributed by atoms with Crippen LogP contribution in [0.4, 0.5) is 13.2 Å². The summed E-state index contributed by atoms with van der Waals surface area (Å²) in [6.07, 6.45) is -4.19. The van der Waals surface area contributed by atoms with Crippen LogP contribution in [0.5, 0.6) is 0 Å². The van der Waals surface area contributed by atoms with Crippen LogP contribution in [0, 0.1) is 0 Å². The lowest BCUT2D eigenvalue weighted by Gasteiger charge is -2.39. The zero-order chi connectivity index (χ0) is 16.7. The summed E-state index contributed by atoms with van der Waals surface area (Å²) in [7, 11) is 0. The van der Waals surface area contributed by atoms with Crippen molar-refractivity contribution in [2.45, 2.75) is 24.6 Å². The molecule has 23 heavy (non-hydrogen) atoms. The van der Waals surface area contributed by atoms with E-state index in [0.717, 1.165) is 0 Å². The molecule has 0 radical (unpaired) electrons. The number of carbonyl (C=O) groups excluding carboxylic acids is 1. The number of piperidine rings is 1. The molecule has 2 aromatic rings. The Morgan fingerprint density at radius 1 is 1.17 bits per heavy atom. The fourth-order valence-electron chi connectivity index (χ4n) is 2.82. The smallest absolute Gasteiger partial charge is 0.380 e. The van der Waals surface area contributed by atoms with Gasteiger partial charge in [-0.15, -0.1) is 0 Å². The zero-order valence-electron chi connectivity index (χ0n) is 12.2. The lowest BCUT2D eigenvalue weighted by Crippen LogP contribution is -2.54. The van der Waals surface area contributed by atoms with Gasteiger partial charge in [0.15, 0.2) is 5.60 Å². The molecular weight excluding hydrogens is 309 g/mol. The average Bonchev–Trinajstić information content (AvgIpc) is 2.53. The molecule has 1 amide bonds. The lowest BCUT2D eigenvalue weighted by molar-refractivity contribution is -0.271. The number of hydrogen-bond donors (Lipinski definition) is 1. The van der Waals surface area contributed by atoms with Crippen LogP contribution >= 0.6 is 0 Å². The van der Waals surface area contributed by atoms with Crippen molar-refractivity contribution in [2.75, 3.05) is 13.1 Å². The molecule has 1 N–H and O–H groups in total. The van der Waals surface area contributed by atoms with Gasteiger partial charge in [0.25, 0.3) is 5.91 Å². The number of aliphatic hydroxyl groups is 1. The number of halogens is 3. The molecule has 1 aromatic heterocycles. The van der Waals surface area contributed by atoms with E-state index in [4.69, 9.17) is 0 Å². The summed E-state index contributed by atoms with van der Waals surface area (Å²) in [5, 5.41) is 10.3. The normalized spacial score (nSPS) is 18.2. The van der Waals surface area contributed by atoms with Crippen molar-refractivity contribution in [1.29, 1.82) is 0 Å². The van der Waals surface area contributed by atoms with Crippen molar-refractivity contribution in [2.24, 2.45) is 0 Å². The molecule has 4 nitrogen and oxygen atoms in total. The van der Waals surface area contributed by atoms with Crippen molar-refractivity contribution in [3.8, 4) is 0 Å². The molecule has 1 aliphatic rings. The maximum Gasteiger partial charge on any atom is 0.417 e. The Kier molecular flexibility index (Phi) is 3.75. The first kappa shape index (κ1) is 15.7. The topological polar surface area (TPSA) is 53.4 Å². The molecule has 1 aliphatic heterocycles. The average molecular weight is 324 g/mol. The van der Waals surface area contributed by atoms with E-state index >= 15 is 0 Å². The summed E-state index contributed by atoms with van der Waals surface area (Å²) in [5.74, 6) is -0.340. The first-order valence-electron chi connectivity index (χ1n) is 7.24. The minimum atomic E-state index is -4.68. The first-order valence-corrected chi connectivity index (χ1v) is 7.24. The molecule has 1 fully saturated rings. The van der Waals surface area contributed by atoms with E-state index in [1.54, 1.807) is 30.3 Å². The van der Waals surface area contributed by atoms with Crippen LogP contribution in [0.2, 0.25) is 0 Å². The minimum absolute atomic E-state index is 0.133. The summed E-state index contributed by atoms with van der Waals surface area (Å²) in [5.41, 5.74) is -1.64. The molecule has 0 saturated carbocycles.